The van der Waals surface area contributed by atoms with Gasteiger partial charge in [-0.1, -0.05) is 12.1 Å². The van der Waals surface area contributed by atoms with E-state index in [9.17, 15) is 9.00 Å². The molecule has 0 spiro atoms. The maximum absolute atomic E-state index is 12.6. The number of amides is 1. The Morgan fingerprint density at radius 1 is 1.26 bits per heavy atom. The minimum absolute atomic E-state index is 0.107. The lowest BCUT2D eigenvalue weighted by atomic mass is 9.95. The van der Waals surface area contributed by atoms with Crippen molar-refractivity contribution < 1.29 is 9.00 Å². The second-order valence-corrected chi connectivity index (χ2v) is 6.71. The number of benzene rings is 1. The summed E-state index contributed by atoms with van der Waals surface area (Å²) in [7, 11) is -0.740. The Balaban J connectivity index is 1.85. The van der Waals surface area contributed by atoms with E-state index in [2.05, 4.69) is 11.4 Å². The smallest absolute Gasteiger partial charge is 0.254 e. The van der Waals surface area contributed by atoms with Gasteiger partial charge in [0, 0.05) is 47.5 Å². The van der Waals surface area contributed by atoms with Crippen LogP contribution in [0.3, 0.4) is 0 Å². The predicted octanol–water partition coefficient (Wildman–Crippen LogP) is 0.537. The van der Waals surface area contributed by atoms with Crippen LogP contribution in [0.25, 0.3) is 0 Å². The van der Waals surface area contributed by atoms with E-state index in [0.29, 0.717) is 24.6 Å². The largest absolute Gasteiger partial charge is 0.337 e. The number of hydrogen-bond acceptors (Lipinski definition) is 3. The van der Waals surface area contributed by atoms with E-state index < -0.39 is 10.8 Å². The highest BCUT2D eigenvalue weighted by Gasteiger charge is 2.24. The minimum atomic E-state index is -0.740. The molecule has 4 nitrogen and oxygen atoms in total. The van der Waals surface area contributed by atoms with Gasteiger partial charge in [-0.3, -0.25) is 9.00 Å². The zero-order valence-electron chi connectivity index (χ0n) is 10.9. The molecule has 0 aliphatic carbocycles. The summed E-state index contributed by atoms with van der Waals surface area (Å²) in [4.78, 5) is 14.4. The van der Waals surface area contributed by atoms with E-state index in [0.717, 1.165) is 25.1 Å². The summed E-state index contributed by atoms with van der Waals surface area (Å²) in [5.74, 6) is 1.33. The number of rotatable bonds is 1. The van der Waals surface area contributed by atoms with Gasteiger partial charge in [-0.25, -0.2) is 0 Å². The molecule has 1 aromatic carbocycles. The minimum Gasteiger partial charge on any atom is -0.337 e. The van der Waals surface area contributed by atoms with E-state index in [1.54, 1.807) is 0 Å². The number of nitrogens with zero attached hydrogens (tertiary/aromatic N) is 1. The van der Waals surface area contributed by atoms with Crippen LogP contribution in [-0.2, 0) is 23.8 Å². The van der Waals surface area contributed by atoms with Crippen LogP contribution in [0.2, 0.25) is 0 Å². The first kappa shape index (κ1) is 12.8. The topological polar surface area (TPSA) is 49.4 Å². The van der Waals surface area contributed by atoms with Gasteiger partial charge in [0.25, 0.3) is 5.91 Å². The second-order valence-electron chi connectivity index (χ2n) is 5.01. The van der Waals surface area contributed by atoms with Crippen LogP contribution in [0, 0.1) is 0 Å². The molecule has 0 unspecified atom stereocenters. The summed E-state index contributed by atoms with van der Waals surface area (Å²) in [5.41, 5.74) is 3.27. The summed E-state index contributed by atoms with van der Waals surface area (Å²) in [6.07, 6.45) is 0.914. The summed E-state index contributed by atoms with van der Waals surface area (Å²) in [6, 6.07) is 5.97. The second kappa shape index (κ2) is 5.43. The van der Waals surface area contributed by atoms with Crippen molar-refractivity contribution in [1.82, 2.24) is 10.2 Å². The Labute approximate surface area is 115 Å². The van der Waals surface area contributed by atoms with Gasteiger partial charge >= 0.3 is 0 Å². The number of nitrogens with one attached hydrogen (secondary N) is 1. The zero-order chi connectivity index (χ0) is 13.2. The molecule has 2 aliphatic heterocycles. The lowest BCUT2D eigenvalue weighted by Crippen LogP contribution is -2.42. The number of fused-ring (bicyclic) bond motifs is 1. The lowest BCUT2D eigenvalue weighted by molar-refractivity contribution is 0.0770. The maximum atomic E-state index is 12.6. The summed E-state index contributed by atoms with van der Waals surface area (Å²) < 4.78 is 11.4. The van der Waals surface area contributed by atoms with E-state index in [1.165, 1.54) is 11.1 Å². The number of hydrogen-bond donors (Lipinski definition) is 1. The standard InChI is InChI=1S/C14H18N2O2S/c17-14(16-6-8-19(18)9-7-16)13-3-1-2-11-10-15-5-4-12(11)13/h1-3,15H,4-10H2. The van der Waals surface area contributed by atoms with Gasteiger partial charge in [0.15, 0.2) is 0 Å². The highest BCUT2D eigenvalue weighted by molar-refractivity contribution is 7.85. The average Bonchev–Trinajstić information content (AvgIpc) is 2.47. The van der Waals surface area contributed by atoms with Crippen LogP contribution in [0.5, 0.6) is 0 Å². The molecule has 1 amide bonds. The van der Waals surface area contributed by atoms with Crippen molar-refractivity contribution in [3.63, 3.8) is 0 Å². The maximum Gasteiger partial charge on any atom is 0.254 e. The van der Waals surface area contributed by atoms with Gasteiger partial charge in [0.2, 0.25) is 0 Å². The van der Waals surface area contributed by atoms with Crippen molar-refractivity contribution in [1.29, 1.82) is 0 Å². The summed E-state index contributed by atoms with van der Waals surface area (Å²) >= 11 is 0. The third kappa shape index (κ3) is 2.58. The van der Waals surface area contributed by atoms with Crippen LogP contribution in [0.1, 0.15) is 21.5 Å². The molecule has 0 saturated carbocycles. The van der Waals surface area contributed by atoms with Gasteiger partial charge in [-0.05, 0) is 30.2 Å². The Kier molecular flexibility index (Phi) is 3.66. The molecule has 102 valence electrons. The van der Waals surface area contributed by atoms with Crippen molar-refractivity contribution in [3.05, 3.63) is 34.9 Å². The first-order valence-electron chi connectivity index (χ1n) is 6.71. The lowest BCUT2D eigenvalue weighted by Gasteiger charge is -2.28. The van der Waals surface area contributed by atoms with Crippen LogP contribution in [0.15, 0.2) is 18.2 Å². The van der Waals surface area contributed by atoms with E-state index in [-0.39, 0.29) is 5.91 Å². The molecule has 1 saturated heterocycles. The molecule has 1 N–H and O–H groups in total. The molecule has 0 atom stereocenters. The van der Waals surface area contributed by atoms with Crippen LogP contribution in [0.4, 0.5) is 0 Å². The van der Waals surface area contributed by atoms with Crippen molar-refractivity contribution in [2.75, 3.05) is 31.1 Å². The van der Waals surface area contributed by atoms with Crippen molar-refractivity contribution in [2.24, 2.45) is 0 Å². The van der Waals surface area contributed by atoms with Crippen LogP contribution in [-0.4, -0.2) is 46.2 Å². The zero-order valence-corrected chi connectivity index (χ0v) is 11.7. The quantitative estimate of drug-likeness (QED) is 0.815. The molecule has 19 heavy (non-hydrogen) atoms. The molecule has 5 heteroatoms. The first-order chi connectivity index (χ1) is 9.25. The fourth-order valence-electron chi connectivity index (χ4n) is 2.74. The van der Waals surface area contributed by atoms with Gasteiger partial charge in [0.05, 0.1) is 0 Å². The van der Waals surface area contributed by atoms with Gasteiger partial charge in [-0.15, -0.1) is 0 Å². The predicted molar refractivity (Wildman–Crippen MR) is 75.6 cm³/mol. The third-order valence-corrected chi connectivity index (χ3v) is 5.11. The highest BCUT2D eigenvalue weighted by Crippen LogP contribution is 2.20. The normalized spacial score (nSPS) is 20.1. The van der Waals surface area contributed by atoms with Crippen LogP contribution < -0.4 is 5.32 Å². The fourth-order valence-corrected chi connectivity index (χ4v) is 3.80. The third-order valence-electron chi connectivity index (χ3n) is 3.84. The SMILES string of the molecule is O=C(c1cccc2c1CCNC2)N1CCS(=O)CC1. The molecule has 2 heterocycles. The molecular weight excluding hydrogens is 260 g/mol. The fraction of sp³-hybridized carbons (Fsp3) is 0.500. The van der Waals surface area contributed by atoms with E-state index in [4.69, 9.17) is 0 Å². The molecule has 1 fully saturated rings. The van der Waals surface area contributed by atoms with Gasteiger partial charge in [0.1, 0.15) is 0 Å². The van der Waals surface area contributed by atoms with Crippen molar-refractivity contribution in [3.8, 4) is 0 Å². The van der Waals surface area contributed by atoms with Crippen molar-refractivity contribution >= 4 is 16.7 Å². The van der Waals surface area contributed by atoms with E-state index >= 15 is 0 Å². The molecular formula is C14H18N2O2S. The van der Waals surface area contributed by atoms with E-state index in [1.807, 2.05) is 17.0 Å². The highest BCUT2D eigenvalue weighted by atomic mass is 32.2. The summed E-state index contributed by atoms with van der Waals surface area (Å²) in [5, 5.41) is 3.33. The van der Waals surface area contributed by atoms with Crippen LogP contribution >= 0.6 is 0 Å². The van der Waals surface area contributed by atoms with Crippen molar-refractivity contribution in [2.45, 2.75) is 13.0 Å². The Morgan fingerprint density at radius 3 is 2.84 bits per heavy atom. The first-order valence-corrected chi connectivity index (χ1v) is 8.20. The van der Waals surface area contributed by atoms with Gasteiger partial charge in [-0.2, -0.15) is 0 Å². The average molecular weight is 278 g/mol. The monoisotopic (exact) mass is 278 g/mol. The molecule has 1 aromatic rings. The number of carbonyl (C=O) groups is 1. The Bertz CT molecular complexity index is 520. The van der Waals surface area contributed by atoms with Gasteiger partial charge < -0.3 is 10.2 Å². The summed E-state index contributed by atoms with van der Waals surface area (Å²) in [6.45, 7) is 3.02. The molecule has 2 aliphatic rings. The molecule has 0 radical (unpaired) electrons. The Morgan fingerprint density at radius 2 is 2.05 bits per heavy atom. The Hall–Kier alpha value is -1.20. The molecule has 0 aromatic heterocycles. The number of carbonyl (C=O) groups excluding carboxylic acids is 1. The molecule has 0 bridgehead atoms. The molecule has 3 rings (SSSR count).